The van der Waals surface area contributed by atoms with E-state index < -0.39 is 17.3 Å². The van der Waals surface area contributed by atoms with Crippen LogP contribution in [0.4, 0.5) is 15.8 Å². The van der Waals surface area contributed by atoms with Gasteiger partial charge in [0.2, 0.25) is 5.91 Å². The van der Waals surface area contributed by atoms with Gasteiger partial charge in [0.1, 0.15) is 11.6 Å². The molecule has 1 aliphatic heterocycles. The summed E-state index contributed by atoms with van der Waals surface area (Å²) < 4.78 is 19.2. The summed E-state index contributed by atoms with van der Waals surface area (Å²) in [6, 6.07) is 16.5. The summed E-state index contributed by atoms with van der Waals surface area (Å²) in [4.78, 5) is 28.1. The van der Waals surface area contributed by atoms with Gasteiger partial charge in [-0.05, 0) is 47.8 Å². The summed E-state index contributed by atoms with van der Waals surface area (Å²) in [5, 5.41) is 4.51. The molecule has 1 aliphatic rings. The molecule has 2 heterocycles. The lowest BCUT2D eigenvalue weighted by molar-refractivity contribution is -0.137. The third-order valence-corrected chi connectivity index (χ3v) is 5.82. The number of hydrogen-bond donors (Lipinski definition) is 1. The zero-order chi connectivity index (χ0) is 19.7. The molecule has 0 saturated carbocycles. The second-order valence-electron chi connectivity index (χ2n) is 6.38. The Morgan fingerprint density at radius 2 is 1.89 bits per heavy atom. The molecule has 0 spiro atoms. The minimum Gasteiger partial charge on any atom is -0.497 e. The Morgan fingerprint density at radius 3 is 2.50 bits per heavy atom. The van der Waals surface area contributed by atoms with Crippen LogP contribution >= 0.6 is 11.3 Å². The fraction of sp³-hybridized carbons (Fsp3) is 0.143. The highest BCUT2D eigenvalue weighted by Gasteiger charge is 2.59. The van der Waals surface area contributed by atoms with Crippen LogP contribution in [-0.4, -0.2) is 18.9 Å². The number of thiophene rings is 1. The maximum Gasteiger partial charge on any atom is 0.256 e. The van der Waals surface area contributed by atoms with Crippen molar-refractivity contribution in [2.24, 2.45) is 0 Å². The number of ether oxygens (including phenoxy) is 1. The maximum atomic E-state index is 14.1. The lowest BCUT2D eigenvalue weighted by Gasteiger charge is -2.49. The average Bonchev–Trinajstić information content (AvgIpc) is 3.23. The molecule has 0 bridgehead atoms. The Balaban J connectivity index is 1.75. The molecule has 2 amide bonds. The highest BCUT2D eigenvalue weighted by molar-refractivity contribution is 7.10. The van der Waals surface area contributed by atoms with Crippen LogP contribution in [0.5, 0.6) is 5.75 Å². The predicted octanol–water partition coefficient (Wildman–Crippen LogP) is 4.17. The fourth-order valence-electron chi connectivity index (χ4n) is 3.39. The van der Waals surface area contributed by atoms with E-state index in [9.17, 15) is 14.0 Å². The number of methoxy groups -OCH3 is 1. The molecule has 1 aromatic heterocycles. The van der Waals surface area contributed by atoms with Gasteiger partial charge in [-0.15, -0.1) is 11.3 Å². The molecular formula is C21H17FN2O3S. The molecule has 3 aromatic rings. The van der Waals surface area contributed by atoms with Crippen molar-refractivity contribution in [3.05, 3.63) is 76.7 Å². The van der Waals surface area contributed by atoms with Crippen LogP contribution in [0, 0.1) is 5.82 Å². The molecule has 2 aromatic carbocycles. The van der Waals surface area contributed by atoms with E-state index in [0.717, 1.165) is 4.88 Å². The largest absolute Gasteiger partial charge is 0.497 e. The molecule has 0 aliphatic carbocycles. The van der Waals surface area contributed by atoms with Gasteiger partial charge in [0.25, 0.3) is 5.91 Å². The van der Waals surface area contributed by atoms with Gasteiger partial charge in [-0.1, -0.05) is 18.2 Å². The van der Waals surface area contributed by atoms with Gasteiger partial charge in [0.05, 0.1) is 19.2 Å². The van der Waals surface area contributed by atoms with Gasteiger partial charge in [-0.3, -0.25) is 14.5 Å². The molecule has 0 radical (unpaired) electrons. The van der Waals surface area contributed by atoms with E-state index in [1.54, 1.807) is 43.5 Å². The normalized spacial score (nSPS) is 18.5. The molecule has 0 unspecified atom stereocenters. The Hall–Kier alpha value is -3.19. The Bertz CT molecular complexity index is 1020. The minimum absolute atomic E-state index is 0.0137. The van der Waals surface area contributed by atoms with Crippen molar-refractivity contribution in [2.75, 3.05) is 17.3 Å². The van der Waals surface area contributed by atoms with E-state index in [-0.39, 0.29) is 18.0 Å². The number of benzene rings is 2. The van der Waals surface area contributed by atoms with Crippen molar-refractivity contribution in [1.82, 2.24) is 0 Å². The number of halogens is 1. The average molecular weight is 396 g/mol. The van der Waals surface area contributed by atoms with Gasteiger partial charge in [-0.25, -0.2) is 4.39 Å². The summed E-state index contributed by atoms with van der Waals surface area (Å²) in [6.45, 7) is 0. The molecule has 4 rings (SSSR count). The SMILES string of the molecule is COc1ccc(N2C(=O)C[C@@]2(C(=O)Nc2ccccc2F)c2cccs2)cc1. The Labute approximate surface area is 165 Å². The van der Waals surface area contributed by atoms with Crippen molar-refractivity contribution in [1.29, 1.82) is 0 Å². The summed E-state index contributed by atoms with van der Waals surface area (Å²) in [5.74, 6) is -0.509. The van der Waals surface area contributed by atoms with Crippen molar-refractivity contribution in [2.45, 2.75) is 12.0 Å². The Morgan fingerprint density at radius 1 is 1.14 bits per heavy atom. The number of hydrogen-bond acceptors (Lipinski definition) is 4. The molecule has 1 atom stereocenters. The molecule has 28 heavy (non-hydrogen) atoms. The van der Waals surface area contributed by atoms with Crippen LogP contribution in [0.15, 0.2) is 66.0 Å². The lowest BCUT2D eigenvalue weighted by atomic mass is 9.80. The number of amides is 2. The quantitative estimate of drug-likeness (QED) is 0.659. The fourth-order valence-corrected chi connectivity index (χ4v) is 4.30. The van der Waals surface area contributed by atoms with Crippen molar-refractivity contribution < 1.29 is 18.7 Å². The molecule has 1 saturated heterocycles. The molecule has 5 nitrogen and oxygen atoms in total. The van der Waals surface area contributed by atoms with Crippen LogP contribution in [0.2, 0.25) is 0 Å². The Kier molecular flexibility index (Phi) is 4.60. The van der Waals surface area contributed by atoms with Crippen LogP contribution in [0.1, 0.15) is 11.3 Å². The van der Waals surface area contributed by atoms with Gasteiger partial charge in [0, 0.05) is 10.6 Å². The maximum absolute atomic E-state index is 14.1. The second kappa shape index (κ2) is 7.09. The summed E-state index contributed by atoms with van der Waals surface area (Å²) in [7, 11) is 1.56. The van der Waals surface area contributed by atoms with Crippen LogP contribution in [0.25, 0.3) is 0 Å². The number of para-hydroxylation sites is 1. The zero-order valence-corrected chi connectivity index (χ0v) is 15.8. The second-order valence-corrected chi connectivity index (χ2v) is 7.32. The smallest absolute Gasteiger partial charge is 0.256 e. The standard InChI is InChI=1S/C21H17FN2O3S/c1-27-15-10-8-14(9-11-15)24-19(25)13-21(24,18-7-4-12-28-18)20(26)23-17-6-3-2-5-16(17)22/h2-12H,13H2,1H3,(H,23,26)/t21-/m0/s1. The number of carbonyl (C=O) groups is 2. The van der Waals surface area contributed by atoms with Crippen molar-refractivity contribution >= 4 is 34.5 Å². The lowest BCUT2D eigenvalue weighted by Crippen LogP contribution is -2.67. The van der Waals surface area contributed by atoms with Crippen LogP contribution in [0.3, 0.4) is 0 Å². The predicted molar refractivity (Wildman–Crippen MR) is 106 cm³/mol. The number of nitrogens with zero attached hydrogens (tertiary/aromatic N) is 1. The number of rotatable bonds is 5. The number of nitrogens with one attached hydrogen (secondary N) is 1. The highest BCUT2D eigenvalue weighted by atomic mass is 32.1. The minimum atomic E-state index is -1.22. The zero-order valence-electron chi connectivity index (χ0n) is 15.0. The van der Waals surface area contributed by atoms with Crippen LogP contribution in [-0.2, 0) is 15.1 Å². The number of β-lactam (4-membered cyclic amide) rings is 1. The first kappa shape index (κ1) is 18.2. The summed E-state index contributed by atoms with van der Waals surface area (Å²) >= 11 is 1.38. The molecule has 1 fully saturated rings. The molecule has 7 heteroatoms. The van der Waals surface area contributed by atoms with Gasteiger partial charge in [-0.2, -0.15) is 0 Å². The van der Waals surface area contributed by atoms with Crippen LogP contribution < -0.4 is 15.0 Å². The molecule has 1 N–H and O–H groups in total. The van der Waals surface area contributed by atoms with Gasteiger partial charge < -0.3 is 10.1 Å². The van der Waals surface area contributed by atoms with Crippen molar-refractivity contribution in [3.63, 3.8) is 0 Å². The summed E-state index contributed by atoms with van der Waals surface area (Å²) in [5.41, 5.74) is -0.561. The van der Waals surface area contributed by atoms with E-state index in [2.05, 4.69) is 5.32 Å². The first-order valence-corrected chi connectivity index (χ1v) is 9.51. The van der Waals surface area contributed by atoms with E-state index in [4.69, 9.17) is 4.74 Å². The van der Waals surface area contributed by atoms with Gasteiger partial charge in [0.15, 0.2) is 5.54 Å². The van der Waals surface area contributed by atoms with Crippen molar-refractivity contribution in [3.8, 4) is 5.75 Å². The summed E-state index contributed by atoms with van der Waals surface area (Å²) in [6.07, 6.45) is 0.0137. The van der Waals surface area contributed by atoms with E-state index >= 15 is 0 Å². The third-order valence-electron chi connectivity index (χ3n) is 4.80. The first-order chi connectivity index (χ1) is 13.6. The first-order valence-electron chi connectivity index (χ1n) is 8.63. The monoisotopic (exact) mass is 396 g/mol. The molecule has 142 valence electrons. The highest BCUT2D eigenvalue weighted by Crippen LogP contribution is 2.47. The number of carbonyl (C=O) groups excluding carboxylic acids is 2. The van der Waals surface area contributed by atoms with E-state index in [1.807, 2.05) is 17.5 Å². The molecular weight excluding hydrogens is 379 g/mol. The van der Waals surface area contributed by atoms with E-state index in [1.165, 1.54) is 28.4 Å². The van der Waals surface area contributed by atoms with E-state index in [0.29, 0.717) is 11.4 Å². The number of anilines is 2. The topological polar surface area (TPSA) is 58.6 Å². The van der Waals surface area contributed by atoms with Gasteiger partial charge >= 0.3 is 0 Å². The third kappa shape index (κ3) is 2.84.